The quantitative estimate of drug-likeness (QED) is 0.197. The number of thiophene rings is 2. The lowest BCUT2D eigenvalue weighted by Crippen LogP contribution is -2.00. The van der Waals surface area contributed by atoms with Crippen molar-refractivity contribution in [2.24, 2.45) is 0 Å². The zero-order valence-corrected chi connectivity index (χ0v) is 26.1. The lowest BCUT2D eigenvalue weighted by atomic mass is 10.0. The van der Waals surface area contributed by atoms with E-state index in [1.54, 1.807) is 0 Å². The van der Waals surface area contributed by atoms with Crippen LogP contribution in [-0.2, 0) is 0 Å². The van der Waals surface area contributed by atoms with Crippen molar-refractivity contribution in [1.29, 1.82) is 0 Å². The van der Waals surface area contributed by atoms with Crippen LogP contribution in [0.1, 0.15) is 0 Å². The zero-order chi connectivity index (χ0) is 30.2. The van der Waals surface area contributed by atoms with E-state index in [-0.39, 0.29) is 0 Å². The Hall–Kier alpha value is -5.49. The van der Waals surface area contributed by atoms with Crippen molar-refractivity contribution in [2.45, 2.75) is 0 Å². The topological polar surface area (TPSA) is 38.7 Å². The van der Waals surface area contributed by atoms with Crippen molar-refractivity contribution in [3.63, 3.8) is 0 Å². The third kappa shape index (κ3) is 3.99. The SMILES string of the molecule is c1ccc2cc(-c3nc(-c4ccc5sc6c7ccccc7ccc6c5c4)nc(-c4cccc5sc6ccccc6c45)n3)ccc2c1. The molecular formula is C41H23N3S2. The third-order valence-electron chi connectivity index (χ3n) is 8.91. The summed E-state index contributed by atoms with van der Waals surface area (Å²) in [5.74, 6) is 2.03. The van der Waals surface area contributed by atoms with Gasteiger partial charge in [0.2, 0.25) is 0 Å². The summed E-state index contributed by atoms with van der Waals surface area (Å²) in [5.41, 5.74) is 2.97. The summed E-state index contributed by atoms with van der Waals surface area (Å²) in [4.78, 5) is 15.5. The summed E-state index contributed by atoms with van der Waals surface area (Å²) < 4.78 is 5.06. The first-order valence-corrected chi connectivity index (χ1v) is 16.9. The summed E-state index contributed by atoms with van der Waals surface area (Å²) in [6.45, 7) is 0. The lowest BCUT2D eigenvalue weighted by Gasteiger charge is -2.10. The normalized spacial score (nSPS) is 11.9. The lowest BCUT2D eigenvalue weighted by molar-refractivity contribution is 1.08. The maximum absolute atomic E-state index is 5.21. The standard InChI is InChI=1S/C41H23N3S2/c1-2-10-26-22-27(17-16-24(26)8-1)39-42-40(44-41(43-39)32-13-7-15-36-37(32)31-12-5-6-14-34(31)45-36)28-19-21-35-33(23-28)30-20-18-25-9-3-4-11-29(25)38(30)46-35/h1-23H. The van der Waals surface area contributed by atoms with Gasteiger partial charge in [0.15, 0.2) is 17.5 Å². The highest BCUT2D eigenvalue weighted by Crippen LogP contribution is 2.42. The van der Waals surface area contributed by atoms with Gasteiger partial charge in [0, 0.05) is 57.0 Å². The van der Waals surface area contributed by atoms with Gasteiger partial charge in [-0.25, -0.2) is 15.0 Å². The van der Waals surface area contributed by atoms with Gasteiger partial charge in [-0.15, -0.1) is 22.7 Å². The van der Waals surface area contributed by atoms with E-state index < -0.39 is 0 Å². The van der Waals surface area contributed by atoms with E-state index >= 15 is 0 Å². The van der Waals surface area contributed by atoms with E-state index in [9.17, 15) is 0 Å². The van der Waals surface area contributed by atoms with Crippen LogP contribution in [0.15, 0.2) is 140 Å². The van der Waals surface area contributed by atoms with Crippen LogP contribution >= 0.6 is 22.7 Å². The minimum Gasteiger partial charge on any atom is -0.208 e. The number of aromatic nitrogens is 3. The Balaban J connectivity index is 1.23. The molecule has 0 fully saturated rings. The highest BCUT2D eigenvalue weighted by molar-refractivity contribution is 7.26. The Morgan fingerprint density at radius 3 is 1.91 bits per heavy atom. The second-order valence-corrected chi connectivity index (χ2v) is 13.8. The summed E-state index contributed by atoms with van der Waals surface area (Å²) in [6, 6.07) is 49.6. The second kappa shape index (κ2) is 10.0. The van der Waals surface area contributed by atoms with Gasteiger partial charge in [0.25, 0.3) is 0 Å². The van der Waals surface area contributed by atoms with Crippen molar-refractivity contribution < 1.29 is 0 Å². The molecule has 0 saturated carbocycles. The third-order valence-corrected chi connectivity index (χ3v) is 11.3. The maximum Gasteiger partial charge on any atom is 0.164 e. The Kier molecular flexibility index (Phi) is 5.61. The molecule has 0 unspecified atom stereocenters. The van der Waals surface area contributed by atoms with Crippen LogP contribution in [-0.4, -0.2) is 15.0 Å². The fraction of sp³-hybridized carbons (Fsp3) is 0. The first-order chi connectivity index (χ1) is 22.8. The van der Waals surface area contributed by atoms with Gasteiger partial charge in [0.1, 0.15) is 0 Å². The molecule has 5 heteroatoms. The Labute approximate surface area is 272 Å². The Bertz CT molecular complexity index is 2830. The molecule has 0 atom stereocenters. The molecule has 0 bridgehead atoms. The van der Waals surface area contributed by atoms with Crippen LogP contribution in [0.5, 0.6) is 0 Å². The summed E-state index contributed by atoms with van der Waals surface area (Å²) >= 11 is 3.65. The van der Waals surface area contributed by atoms with Crippen LogP contribution in [0.25, 0.3) is 96.1 Å². The summed E-state index contributed by atoms with van der Waals surface area (Å²) in [6.07, 6.45) is 0. The van der Waals surface area contributed by atoms with Gasteiger partial charge in [-0.3, -0.25) is 0 Å². The molecule has 10 rings (SSSR count). The predicted molar refractivity (Wildman–Crippen MR) is 197 cm³/mol. The first kappa shape index (κ1) is 25.8. The Morgan fingerprint density at radius 2 is 1.02 bits per heavy atom. The molecule has 3 nitrogen and oxygen atoms in total. The fourth-order valence-electron chi connectivity index (χ4n) is 6.69. The number of fused-ring (bicyclic) bond motifs is 9. The molecule has 0 spiro atoms. The van der Waals surface area contributed by atoms with E-state index in [0.717, 1.165) is 22.1 Å². The molecule has 3 aromatic heterocycles. The summed E-state index contributed by atoms with van der Waals surface area (Å²) in [5, 5.41) is 9.81. The van der Waals surface area contributed by atoms with Crippen LogP contribution in [0.3, 0.4) is 0 Å². The highest BCUT2D eigenvalue weighted by Gasteiger charge is 2.18. The van der Waals surface area contributed by atoms with E-state index in [2.05, 4.69) is 140 Å². The molecule has 7 aromatic carbocycles. The average molecular weight is 622 g/mol. The van der Waals surface area contributed by atoms with Crippen LogP contribution < -0.4 is 0 Å². The van der Waals surface area contributed by atoms with Crippen molar-refractivity contribution in [3.05, 3.63) is 140 Å². The summed E-state index contributed by atoms with van der Waals surface area (Å²) in [7, 11) is 0. The molecule has 10 aromatic rings. The van der Waals surface area contributed by atoms with Crippen molar-refractivity contribution in [3.8, 4) is 34.2 Å². The van der Waals surface area contributed by atoms with E-state index in [4.69, 9.17) is 15.0 Å². The average Bonchev–Trinajstić information content (AvgIpc) is 3.69. The highest BCUT2D eigenvalue weighted by atomic mass is 32.1. The zero-order valence-electron chi connectivity index (χ0n) is 24.4. The van der Waals surface area contributed by atoms with Gasteiger partial charge in [-0.05, 0) is 57.9 Å². The first-order valence-electron chi connectivity index (χ1n) is 15.3. The van der Waals surface area contributed by atoms with Crippen LogP contribution in [0.2, 0.25) is 0 Å². The van der Waals surface area contributed by atoms with E-state index in [1.165, 1.54) is 56.5 Å². The number of hydrogen-bond acceptors (Lipinski definition) is 5. The number of hydrogen-bond donors (Lipinski definition) is 0. The largest absolute Gasteiger partial charge is 0.208 e. The molecule has 0 aliphatic carbocycles. The molecule has 0 aliphatic heterocycles. The number of nitrogens with zero attached hydrogens (tertiary/aromatic N) is 3. The van der Waals surface area contributed by atoms with Gasteiger partial charge in [-0.1, -0.05) is 103 Å². The minimum absolute atomic E-state index is 0.670. The van der Waals surface area contributed by atoms with Crippen molar-refractivity contribution >= 4 is 84.6 Å². The molecule has 0 N–H and O–H groups in total. The minimum atomic E-state index is 0.670. The van der Waals surface area contributed by atoms with Gasteiger partial charge in [0.05, 0.1) is 0 Å². The van der Waals surface area contributed by atoms with Gasteiger partial charge < -0.3 is 0 Å². The van der Waals surface area contributed by atoms with Gasteiger partial charge in [-0.2, -0.15) is 0 Å². The molecule has 214 valence electrons. The number of benzene rings is 7. The molecule has 0 aliphatic rings. The molecule has 3 heterocycles. The maximum atomic E-state index is 5.21. The Morgan fingerprint density at radius 1 is 0.370 bits per heavy atom. The monoisotopic (exact) mass is 621 g/mol. The molecule has 0 saturated heterocycles. The van der Waals surface area contributed by atoms with E-state index in [0.29, 0.717) is 17.5 Å². The molecule has 0 amide bonds. The molecule has 46 heavy (non-hydrogen) atoms. The van der Waals surface area contributed by atoms with Gasteiger partial charge >= 0.3 is 0 Å². The molecular weight excluding hydrogens is 599 g/mol. The smallest absolute Gasteiger partial charge is 0.164 e. The van der Waals surface area contributed by atoms with Crippen LogP contribution in [0.4, 0.5) is 0 Å². The predicted octanol–water partition coefficient (Wildman–Crippen LogP) is 11.9. The van der Waals surface area contributed by atoms with Crippen LogP contribution in [0, 0.1) is 0 Å². The van der Waals surface area contributed by atoms with Crippen molar-refractivity contribution in [2.75, 3.05) is 0 Å². The molecule has 0 radical (unpaired) electrons. The number of rotatable bonds is 3. The van der Waals surface area contributed by atoms with E-state index in [1.807, 2.05) is 22.7 Å². The van der Waals surface area contributed by atoms with Crippen molar-refractivity contribution in [1.82, 2.24) is 15.0 Å². The second-order valence-electron chi connectivity index (χ2n) is 11.6. The fourth-order valence-corrected chi connectivity index (χ4v) is 9.04.